The Morgan fingerprint density at radius 1 is 0.219 bits per heavy atom. The van der Waals surface area contributed by atoms with Gasteiger partial charge in [0.15, 0.2) is 0 Å². The fourth-order valence-electron chi connectivity index (χ4n) is 0. The van der Waals surface area contributed by atoms with Gasteiger partial charge in [-0.05, 0) is 0 Å². The molecular formula is C8O16Rb8. The van der Waals surface area contributed by atoms with Gasteiger partial charge in [-0.2, -0.15) is 0 Å². The number of carbonyl (C=O) groups is 8. The second-order valence-corrected chi connectivity index (χ2v) is 2.30. The van der Waals surface area contributed by atoms with Crippen molar-refractivity contribution in [1.82, 2.24) is 0 Å². The molecule has 16 nitrogen and oxygen atoms in total. The number of rotatable bonds is 0. The van der Waals surface area contributed by atoms with Gasteiger partial charge in [-0.25, -0.2) is 0 Å². The minimum Gasteiger partial charge on any atom is -0.543 e. The number of carboxylic acid groups (broad SMARTS) is 8. The van der Waals surface area contributed by atoms with Gasteiger partial charge in [0.1, 0.15) is 0 Å². The summed E-state index contributed by atoms with van der Waals surface area (Å²) in [4.78, 5) is 71.4. The zero-order valence-corrected chi connectivity index (χ0v) is 57.9. The van der Waals surface area contributed by atoms with Crippen LogP contribution >= 0.6 is 0 Å². The van der Waals surface area contributed by atoms with E-state index in [9.17, 15) is 0 Å². The summed E-state index contributed by atoms with van der Waals surface area (Å²) in [6, 6.07) is 0. The second-order valence-electron chi connectivity index (χ2n) is 2.30. The Balaban J connectivity index is -0.0000000154. The molecule has 136 valence electrons. The summed E-state index contributed by atoms with van der Waals surface area (Å²) >= 11 is 0. The standard InChI is InChI=1S/4C2H2O4.8Rb/c4*3-1(4)2(5)6;;;;;;;;/h4*(H,3,4)(H,5,6);;;;;;;;/q;;;;8*+1/p-8. The molecule has 0 bridgehead atoms. The maximum absolute atomic E-state index is 8.93. The maximum atomic E-state index is 8.93. The van der Waals surface area contributed by atoms with Crippen LogP contribution in [0.2, 0.25) is 0 Å². The Hall–Kier alpha value is 10.2. The van der Waals surface area contributed by atoms with E-state index in [1.165, 1.54) is 0 Å². The first kappa shape index (κ1) is 78.5. The van der Waals surface area contributed by atoms with Crippen molar-refractivity contribution in [3.8, 4) is 0 Å². The van der Waals surface area contributed by atoms with Gasteiger partial charge in [0.05, 0.1) is 47.8 Å². The monoisotopic (exact) mass is 1030 g/mol. The van der Waals surface area contributed by atoms with Gasteiger partial charge in [-0.1, -0.05) is 0 Å². The molecule has 0 unspecified atom stereocenters. The Morgan fingerprint density at radius 2 is 0.250 bits per heavy atom. The van der Waals surface area contributed by atoms with E-state index in [1.807, 2.05) is 0 Å². The Morgan fingerprint density at radius 3 is 0.250 bits per heavy atom. The SMILES string of the molecule is O=C([O-])C(=O)[O-].O=C([O-])C(=O)[O-].O=C([O-])C(=O)[O-].O=C([O-])C(=O)[O-].[Rb+].[Rb+].[Rb+].[Rb+].[Rb+].[Rb+].[Rb+].[Rb+]. The predicted molar refractivity (Wildman–Crippen MR) is 40.1 cm³/mol. The molecule has 0 N–H and O–H groups in total. The second kappa shape index (κ2) is 56.9. The van der Waals surface area contributed by atoms with Crippen LogP contribution in [0.4, 0.5) is 0 Å². The van der Waals surface area contributed by atoms with Crippen LogP contribution in [0.25, 0.3) is 0 Å². The molecule has 0 aromatic heterocycles. The van der Waals surface area contributed by atoms with Crippen LogP contribution < -0.4 is 506 Å². The van der Waals surface area contributed by atoms with Crippen molar-refractivity contribution in [2.75, 3.05) is 0 Å². The first-order chi connectivity index (χ1) is 10.6. The molecule has 24 heteroatoms. The van der Waals surface area contributed by atoms with Crippen LogP contribution in [-0.4, -0.2) is 47.8 Å². The maximum Gasteiger partial charge on any atom is 1.00 e. The van der Waals surface area contributed by atoms with Crippen LogP contribution in [0.1, 0.15) is 0 Å². The molecule has 0 aliphatic rings. The molecule has 0 fully saturated rings. The third-order valence-electron chi connectivity index (χ3n) is 0.667. The third kappa shape index (κ3) is 90.0. The molecule has 0 atom stereocenters. The number of carboxylic acids is 8. The molecule has 0 amide bonds. The summed E-state index contributed by atoms with van der Waals surface area (Å²) < 4.78 is 0. The summed E-state index contributed by atoms with van der Waals surface area (Å²) in [5.74, 6) is -17.5. The van der Waals surface area contributed by atoms with Crippen molar-refractivity contribution < 1.29 is 545 Å². The first-order valence-electron chi connectivity index (χ1n) is 4.27. The Bertz CT molecular complexity index is 408. The summed E-state index contributed by atoms with van der Waals surface area (Å²) in [5, 5.41) is 71.4. The molecule has 0 aliphatic heterocycles. The van der Waals surface area contributed by atoms with Crippen LogP contribution in [0, 0.1) is 0 Å². The van der Waals surface area contributed by atoms with E-state index in [4.69, 9.17) is 79.2 Å². The van der Waals surface area contributed by atoms with Crippen LogP contribution in [-0.2, 0) is 38.4 Å². The third-order valence-corrected chi connectivity index (χ3v) is 0.667. The number of aliphatic carboxylic acids is 8. The Labute approximate surface area is 570 Å². The van der Waals surface area contributed by atoms with E-state index < -0.39 is 47.8 Å². The number of hydrogen-bond donors (Lipinski definition) is 0. The molecule has 0 aromatic carbocycles. The van der Waals surface area contributed by atoms with Gasteiger partial charge < -0.3 is 79.2 Å². The summed E-state index contributed by atoms with van der Waals surface area (Å²) in [6.45, 7) is 0. The minimum absolute atomic E-state index is 0. The van der Waals surface area contributed by atoms with E-state index in [-0.39, 0.29) is 465 Å². The van der Waals surface area contributed by atoms with E-state index in [1.54, 1.807) is 0 Å². The van der Waals surface area contributed by atoms with Gasteiger partial charge in [0.25, 0.3) is 0 Å². The van der Waals surface area contributed by atoms with E-state index >= 15 is 0 Å². The smallest absolute Gasteiger partial charge is 0.543 e. The van der Waals surface area contributed by atoms with Crippen LogP contribution in [0.5, 0.6) is 0 Å². The summed E-state index contributed by atoms with van der Waals surface area (Å²) in [7, 11) is 0. The molecule has 32 heavy (non-hydrogen) atoms. The summed E-state index contributed by atoms with van der Waals surface area (Å²) in [5.41, 5.74) is 0. The topological polar surface area (TPSA) is 321 Å². The molecule has 0 radical (unpaired) electrons. The van der Waals surface area contributed by atoms with Gasteiger partial charge in [-0.3, -0.25) is 0 Å². The molecule has 0 heterocycles. The molecule has 0 spiro atoms. The molecular weight excluding hydrogens is 1040 g/mol. The quantitative estimate of drug-likeness (QED) is 0.203. The van der Waals surface area contributed by atoms with Crippen molar-refractivity contribution in [2.45, 2.75) is 0 Å². The average molecular weight is 1040 g/mol. The van der Waals surface area contributed by atoms with Gasteiger partial charge in [0, 0.05) is 0 Å². The predicted octanol–water partition coefficient (Wildman–Crippen LogP) is -38.0. The van der Waals surface area contributed by atoms with Crippen LogP contribution in [0.3, 0.4) is 0 Å². The summed E-state index contributed by atoms with van der Waals surface area (Å²) in [6.07, 6.45) is 0. The van der Waals surface area contributed by atoms with Crippen LogP contribution in [0.15, 0.2) is 0 Å². The van der Waals surface area contributed by atoms with E-state index in [0.29, 0.717) is 0 Å². The first-order valence-corrected chi connectivity index (χ1v) is 4.27. The van der Waals surface area contributed by atoms with Crippen molar-refractivity contribution in [3.05, 3.63) is 0 Å². The van der Waals surface area contributed by atoms with Crippen molar-refractivity contribution >= 4 is 47.8 Å². The van der Waals surface area contributed by atoms with Gasteiger partial charge in [-0.15, -0.1) is 0 Å². The minimum atomic E-state index is -2.19. The Kier molecular flexibility index (Phi) is 140. The number of carbonyl (C=O) groups excluding carboxylic acids is 8. The molecule has 0 aliphatic carbocycles. The molecule has 0 saturated carbocycles. The molecule has 0 saturated heterocycles. The van der Waals surface area contributed by atoms with Crippen molar-refractivity contribution in [2.24, 2.45) is 0 Å². The van der Waals surface area contributed by atoms with Crippen molar-refractivity contribution in [1.29, 1.82) is 0 Å². The average Bonchev–Trinajstić information content (AvgIpc) is 2.40. The molecule has 0 aromatic rings. The van der Waals surface area contributed by atoms with E-state index in [2.05, 4.69) is 0 Å². The largest absolute Gasteiger partial charge is 1.00 e. The zero-order chi connectivity index (χ0) is 20.6. The fourth-order valence-corrected chi connectivity index (χ4v) is 0. The van der Waals surface area contributed by atoms with Gasteiger partial charge >= 0.3 is 465 Å². The molecule has 0 rings (SSSR count). The fraction of sp³-hybridized carbons (Fsp3) is 0. The normalized spacial score (nSPS) is 5.50. The van der Waals surface area contributed by atoms with Crippen molar-refractivity contribution in [3.63, 3.8) is 0 Å². The van der Waals surface area contributed by atoms with Gasteiger partial charge in [0.2, 0.25) is 0 Å². The number of hydrogen-bond acceptors (Lipinski definition) is 16. The van der Waals surface area contributed by atoms with E-state index in [0.717, 1.165) is 0 Å². The zero-order valence-electron chi connectivity index (χ0n) is 18.5.